The van der Waals surface area contributed by atoms with E-state index in [9.17, 15) is 18.9 Å². The zero-order valence-corrected chi connectivity index (χ0v) is 8.13. The Hall–Kier alpha value is -1.35. The van der Waals surface area contributed by atoms with Crippen LogP contribution in [0.15, 0.2) is 6.20 Å². The standard InChI is InChI=1S/C6H7F2N3O3S/c7-6(8,3-12)2-10-5-9-1-4(15-5)11(13)14/h1,12H,2-3H2,(H,9,10). The first-order chi connectivity index (χ1) is 6.94. The maximum Gasteiger partial charge on any atom is 0.345 e. The van der Waals surface area contributed by atoms with E-state index in [0.29, 0.717) is 11.3 Å². The molecule has 9 heteroatoms. The predicted octanol–water partition coefficient (Wildman–Crippen LogP) is 1.09. The summed E-state index contributed by atoms with van der Waals surface area (Å²) in [6.45, 7) is -2.10. The van der Waals surface area contributed by atoms with E-state index in [1.165, 1.54) is 0 Å². The van der Waals surface area contributed by atoms with Gasteiger partial charge in [0.25, 0.3) is 5.92 Å². The van der Waals surface area contributed by atoms with Crippen molar-refractivity contribution in [1.29, 1.82) is 0 Å². The van der Waals surface area contributed by atoms with Crippen molar-refractivity contribution in [2.24, 2.45) is 0 Å². The molecule has 1 rings (SSSR count). The highest BCUT2D eigenvalue weighted by Gasteiger charge is 2.27. The molecule has 6 nitrogen and oxygen atoms in total. The van der Waals surface area contributed by atoms with Gasteiger partial charge in [0, 0.05) is 0 Å². The molecule has 1 aromatic rings. The summed E-state index contributed by atoms with van der Waals surface area (Å²) in [5, 5.41) is 20.5. The van der Waals surface area contributed by atoms with Gasteiger partial charge in [0.1, 0.15) is 12.8 Å². The number of nitro groups is 1. The average Bonchev–Trinajstić information content (AvgIpc) is 2.63. The molecule has 0 aliphatic heterocycles. The molecule has 0 aromatic carbocycles. The van der Waals surface area contributed by atoms with Gasteiger partial charge < -0.3 is 10.4 Å². The van der Waals surface area contributed by atoms with E-state index >= 15 is 0 Å². The molecule has 0 bridgehead atoms. The largest absolute Gasteiger partial charge is 0.390 e. The molecule has 84 valence electrons. The van der Waals surface area contributed by atoms with Gasteiger partial charge in [-0.05, 0) is 11.3 Å². The molecule has 0 fully saturated rings. The smallest absolute Gasteiger partial charge is 0.345 e. The highest BCUT2D eigenvalue weighted by atomic mass is 32.1. The second-order valence-corrected chi connectivity index (χ2v) is 3.64. The van der Waals surface area contributed by atoms with Crippen molar-refractivity contribution in [2.45, 2.75) is 5.92 Å². The summed E-state index contributed by atoms with van der Waals surface area (Å²) in [6, 6.07) is 0. The van der Waals surface area contributed by atoms with Gasteiger partial charge in [-0.2, -0.15) is 0 Å². The summed E-state index contributed by atoms with van der Waals surface area (Å²) >= 11 is 0.656. The minimum absolute atomic E-state index is 0.0230. The lowest BCUT2D eigenvalue weighted by molar-refractivity contribution is -0.380. The Kier molecular flexibility index (Phi) is 3.48. The van der Waals surface area contributed by atoms with Crippen LogP contribution >= 0.6 is 11.3 Å². The van der Waals surface area contributed by atoms with Crippen LogP contribution in [0.1, 0.15) is 0 Å². The van der Waals surface area contributed by atoms with Crippen LogP contribution in [0.3, 0.4) is 0 Å². The number of alkyl halides is 2. The molecular formula is C6H7F2N3O3S. The van der Waals surface area contributed by atoms with Crippen LogP contribution in [0, 0.1) is 10.1 Å². The van der Waals surface area contributed by atoms with Crippen molar-refractivity contribution in [2.75, 3.05) is 18.5 Å². The molecule has 1 aromatic heterocycles. The van der Waals surface area contributed by atoms with Crippen LogP contribution in [-0.2, 0) is 0 Å². The molecule has 0 unspecified atom stereocenters. The molecule has 1 heterocycles. The maximum absolute atomic E-state index is 12.5. The number of aliphatic hydroxyl groups is 1. The predicted molar refractivity (Wildman–Crippen MR) is 49.3 cm³/mol. The highest BCUT2D eigenvalue weighted by Crippen LogP contribution is 2.25. The third kappa shape index (κ3) is 3.36. The Balaban J connectivity index is 2.55. The Bertz CT molecular complexity index is 357. The van der Waals surface area contributed by atoms with Gasteiger partial charge >= 0.3 is 5.00 Å². The molecule has 0 spiro atoms. The number of rotatable bonds is 5. The number of hydrogen-bond acceptors (Lipinski definition) is 6. The molecule has 15 heavy (non-hydrogen) atoms. The second kappa shape index (κ2) is 4.45. The fourth-order valence-electron chi connectivity index (χ4n) is 0.693. The summed E-state index contributed by atoms with van der Waals surface area (Å²) < 4.78 is 25.1. The van der Waals surface area contributed by atoms with Crippen LogP contribution in [0.2, 0.25) is 0 Å². The zero-order chi connectivity index (χ0) is 11.5. The van der Waals surface area contributed by atoms with Crippen LogP contribution in [-0.4, -0.2) is 34.1 Å². The fraction of sp³-hybridized carbons (Fsp3) is 0.500. The summed E-state index contributed by atoms with van der Waals surface area (Å²) in [4.78, 5) is 13.1. The number of halogens is 2. The maximum atomic E-state index is 12.5. The van der Waals surface area contributed by atoms with Gasteiger partial charge in [0.15, 0.2) is 5.13 Å². The minimum Gasteiger partial charge on any atom is -0.390 e. The summed E-state index contributed by atoms with van der Waals surface area (Å²) in [5.74, 6) is -3.26. The van der Waals surface area contributed by atoms with Gasteiger partial charge in [-0.3, -0.25) is 10.1 Å². The monoisotopic (exact) mass is 239 g/mol. The Labute approximate surface area is 86.7 Å². The second-order valence-electron chi connectivity index (χ2n) is 2.63. The third-order valence-electron chi connectivity index (χ3n) is 1.40. The summed E-state index contributed by atoms with van der Waals surface area (Å²) in [5.41, 5.74) is 0. The van der Waals surface area contributed by atoms with Crippen LogP contribution < -0.4 is 5.32 Å². The fourth-order valence-corrected chi connectivity index (χ4v) is 1.32. The minimum atomic E-state index is -3.26. The number of thiazole rings is 1. The number of nitrogens with one attached hydrogen (secondary N) is 1. The molecule has 0 amide bonds. The van der Waals surface area contributed by atoms with E-state index in [1.807, 2.05) is 0 Å². The quantitative estimate of drug-likeness (QED) is 0.593. The molecule has 0 aliphatic carbocycles. The van der Waals surface area contributed by atoms with E-state index in [1.54, 1.807) is 0 Å². The first-order valence-corrected chi connectivity index (χ1v) is 4.59. The Morgan fingerprint density at radius 3 is 2.87 bits per heavy atom. The molecular weight excluding hydrogens is 232 g/mol. The molecule has 0 aliphatic rings. The van der Waals surface area contributed by atoms with Gasteiger partial charge in [-0.25, -0.2) is 13.8 Å². The third-order valence-corrected chi connectivity index (χ3v) is 2.31. The Morgan fingerprint density at radius 1 is 1.73 bits per heavy atom. The number of nitrogens with zero attached hydrogens (tertiary/aromatic N) is 2. The van der Waals surface area contributed by atoms with Gasteiger partial charge in [-0.1, -0.05) is 0 Å². The van der Waals surface area contributed by atoms with Gasteiger partial charge in [0.05, 0.1) is 11.5 Å². The molecule has 2 N–H and O–H groups in total. The molecule has 0 radical (unpaired) electrons. The van der Waals surface area contributed by atoms with Crippen molar-refractivity contribution in [3.63, 3.8) is 0 Å². The van der Waals surface area contributed by atoms with Gasteiger partial charge in [0.2, 0.25) is 0 Å². The average molecular weight is 239 g/mol. The van der Waals surface area contributed by atoms with E-state index in [4.69, 9.17) is 5.11 Å². The number of hydrogen-bond donors (Lipinski definition) is 2. The normalized spacial score (nSPS) is 11.4. The summed E-state index contributed by atoms with van der Waals surface area (Å²) in [6.07, 6.45) is 0.976. The van der Waals surface area contributed by atoms with Crippen LogP contribution in [0.25, 0.3) is 0 Å². The van der Waals surface area contributed by atoms with E-state index in [2.05, 4.69) is 10.3 Å². The lowest BCUT2D eigenvalue weighted by atomic mass is 10.4. The molecule has 0 saturated carbocycles. The topological polar surface area (TPSA) is 88.3 Å². The first-order valence-electron chi connectivity index (χ1n) is 3.77. The van der Waals surface area contributed by atoms with Crippen molar-refractivity contribution in [1.82, 2.24) is 4.98 Å². The van der Waals surface area contributed by atoms with E-state index in [0.717, 1.165) is 6.20 Å². The van der Waals surface area contributed by atoms with E-state index < -0.39 is 24.0 Å². The van der Waals surface area contributed by atoms with Gasteiger partial charge in [-0.15, -0.1) is 0 Å². The zero-order valence-electron chi connectivity index (χ0n) is 7.31. The SMILES string of the molecule is O=[N+]([O-])c1cnc(NCC(F)(F)CO)s1. The Morgan fingerprint density at radius 2 is 2.40 bits per heavy atom. The van der Waals surface area contributed by atoms with Crippen LogP contribution in [0.4, 0.5) is 18.9 Å². The number of anilines is 1. The number of aromatic nitrogens is 1. The molecule has 0 atom stereocenters. The summed E-state index contributed by atoms with van der Waals surface area (Å²) in [7, 11) is 0. The lowest BCUT2D eigenvalue weighted by Gasteiger charge is -2.12. The molecule has 0 saturated heterocycles. The van der Waals surface area contributed by atoms with Crippen LogP contribution in [0.5, 0.6) is 0 Å². The van der Waals surface area contributed by atoms with Crippen molar-refractivity contribution >= 4 is 21.5 Å². The van der Waals surface area contributed by atoms with Crippen molar-refractivity contribution in [3.8, 4) is 0 Å². The lowest BCUT2D eigenvalue weighted by Crippen LogP contribution is -2.30. The number of aliphatic hydroxyl groups excluding tert-OH is 1. The van der Waals surface area contributed by atoms with Crippen molar-refractivity contribution in [3.05, 3.63) is 16.3 Å². The van der Waals surface area contributed by atoms with Crippen molar-refractivity contribution < 1.29 is 18.8 Å². The van der Waals surface area contributed by atoms with E-state index in [-0.39, 0.29) is 10.1 Å². The highest BCUT2D eigenvalue weighted by molar-refractivity contribution is 7.18. The first kappa shape index (κ1) is 11.7.